The summed E-state index contributed by atoms with van der Waals surface area (Å²) in [4.78, 5) is 0. The van der Waals surface area contributed by atoms with Gasteiger partial charge in [0.15, 0.2) is 0 Å². The highest BCUT2D eigenvalue weighted by Crippen LogP contribution is 2.79. The molecule has 0 saturated heterocycles. The fourth-order valence-electron chi connectivity index (χ4n) is 3.57. The molecule has 3 aromatic rings. The van der Waals surface area contributed by atoms with Gasteiger partial charge in [0.25, 0.3) is 0 Å². The summed E-state index contributed by atoms with van der Waals surface area (Å²) in [5.41, 5.74) is 3.42. The summed E-state index contributed by atoms with van der Waals surface area (Å²) in [6.45, 7) is 6.14. The minimum Gasteiger partial charge on any atom is -0.430 e. The van der Waals surface area contributed by atoms with E-state index in [1.165, 1.54) is 0 Å². The summed E-state index contributed by atoms with van der Waals surface area (Å²) in [7, 11) is 2.36. The van der Waals surface area contributed by atoms with Gasteiger partial charge in [-0.2, -0.15) is 0 Å². The molecule has 0 saturated carbocycles. The average molecular weight is 589 g/mol. The first-order chi connectivity index (χ1) is 18.4. The van der Waals surface area contributed by atoms with E-state index in [2.05, 4.69) is 0 Å². The lowest BCUT2D eigenvalue weighted by molar-refractivity contribution is 0.483. The van der Waals surface area contributed by atoms with Gasteiger partial charge in [0.1, 0.15) is 17.2 Å². The van der Waals surface area contributed by atoms with Crippen molar-refractivity contribution < 1.29 is 13.6 Å². The molecular weight excluding hydrogens is 549 g/mol. The lowest BCUT2D eigenvalue weighted by atomic mass is 10.2. The van der Waals surface area contributed by atoms with Crippen molar-refractivity contribution >= 4 is 22.7 Å². The number of aryl methyl sites for hydroxylation is 3. The van der Waals surface area contributed by atoms with Crippen molar-refractivity contribution in [2.24, 2.45) is 13.5 Å². The summed E-state index contributed by atoms with van der Waals surface area (Å²) in [6.07, 6.45) is 0. The molecule has 0 unspecified atom stereocenters. The van der Waals surface area contributed by atoms with E-state index in [-0.39, 0.29) is 0 Å². The van der Waals surface area contributed by atoms with E-state index in [0.717, 1.165) is 16.7 Å². The van der Waals surface area contributed by atoms with E-state index in [1.807, 2.05) is 150 Å². The van der Waals surface area contributed by atoms with E-state index in [4.69, 9.17) is 27.1 Å². The van der Waals surface area contributed by atoms with Crippen LogP contribution in [0.3, 0.4) is 0 Å². The van der Waals surface area contributed by atoms with Crippen molar-refractivity contribution in [3.8, 4) is 17.2 Å². The monoisotopic (exact) mass is 588 g/mol. The first-order valence-electron chi connectivity index (χ1n) is 12.6. The van der Waals surface area contributed by atoms with Crippen LogP contribution in [0.4, 0.5) is 0 Å². The van der Waals surface area contributed by atoms with Gasteiger partial charge in [0.05, 0.1) is 0 Å². The molecule has 0 amide bonds. The molecule has 0 aliphatic carbocycles. The predicted octanol–water partition coefficient (Wildman–Crippen LogP) is 8.69. The molecule has 0 fully saturated rings. The lowest BCUT2D eigenvalue weighted by Crippen LogP contribution is -2.22. The molecule has 0 atom stereocenters. The second-order valence-electron chi connectivity index (χ2n) is 10.1. The SMILES string of the molecule is Cc1ccc(OP2(N(C)C)=NP(Oc3ccc(C)cc3)(N(C)C)=NP(Oc3ccc(C)cc3)(N(C)C)=N2)cc1. The van der Waals surface area contributed by atoms with Crippen LogP contribution >= 0.6 is 22.7 Å². The van der Waals surface area contributed by atoms with Gasteiger partial charge in [0, 0.05) is 0 Å². The van der Waals surface area contributed by atoms with Crippen molar-refractivity contribution in [2.45, 2.75) is 20.8 Å². The number of benzene rings is 3. The van der Waals surface area contributed by atoms with Crippen LogP contribution in [0.15, 0.2) is 86.3 Å². The summed E-state index contributed by atoms with van der Waals surface area (Å²) in [6, 6.07) is 23.8. The smallest absolute Gasteiger partial charge is 0.336 e. The molecule has 0 N–H and O–H groups in total. The minimum absolute atomic E-state index is 0.677. The third kappa shape index (κ3) is 6.52. The Morgan fingerprint density at radius 3 is 0.795 bits per heavy atom. The summed E-state index contributed by atoms with van der Waals surface area (Å²) in [5.74, 6) is 2.03. The zero-order chi connectivity index (χ0) is 28.4. The average Bonchev–Trinajstić information content (AvgIpc) is 2.88. The van der Waals surface area contributed by atoms with Crippen molar-refractivity contribution in [3.05, 3.63) is 89.5 Å². The molecule has 210 valence electrons. The van der Waals surface area contributed by atoms with Gasteiger partial charge in [-0.1, -0.05) is 53.1 Å². The Labute approximate surface area is 233 Å². The van der Waals surface area contributed by atoms with Crippen LogP contribution in [0, 0.1) is 20.8 Å². The maximum absolute atomic E-state index is 6.77. The third-order valence-electron chi connectivity index (χ3n) is 6.01. The van der Waals surface area contributed by atoms with Crippen LogP contribution < -0.4 is 13.6 Å². The molecule has 1 heterocycles. The number of rotatable bonds is 9. The minimum atomic E-state index is -3.09. The quantitative estimate of drug-likeness (QED) is 0.233. The Hall–Kier alpha value is -2.37. The van der Waals surface area contributed by atoms with Crippen LogP contribution in [0.2, 0.25) is 0 Å². The van der Waals surface area contributed by atoms with Gasteiger partial charge in [0.2, 0.25) is 0 Å². The normalized spacial score (nSPS) is 24.6. The molecule has 0 aromatic heterocycles. The largest absolute Gasteiger partial charge is 0.430 e. The van der Waals surface area contributed by atoms with Gasteiger partial charge >= 0.3 is 22.7 Å². The van der Waals surface area contributed by atoms with Gasteiger partial charge in [-0.15, -0.1) is 13.5 Å². The van der Waals surface area contributed by atoms with Gasteiger partial charge in [-0.25, -0.2) is 14.0 Å². The third-order valence-corrected chi connectivity index (χ3v) is 16.1. The van der Waals surface area contributed by atoms with E-state index in [9.17, 15) is 0 Å². The molecule has 39 heavy (non-hydrogen) atoms. The van der Waals surface area contributed by atoms with Crippen molar-refractivity contribution in [2.75, 3.05) is 42.3 Å². The highest BCUT2D eigenvalue weighted by molar-refractivity contribution is 7.81. The van der Waals surface area contributed by atoms with Crippen LogP contribution in [0.1, 0.15) is 16.7 Å². The Morgan fingerprint density at radius 2 is 0.615 bits per heavy atom. The second kappa shape index (κ2) is 11.6. The molecule has 3 aromatic carbocycles. The summed E-state index contributed by atoms with van der Waals surface area (Å²) >= 11 is 0. The van der Waals surface area contributed by atoms with Crippen LogP contribution in [0.25, 0.3) is 0 Å². The molecular formula is C27H39N6O3P3. The fraction of sp³-hybridized carbons (Fsp3) is 0.333. The fourth-order valence-corrected chi connectivity index (χ4v) is 15.0. The maximum atomic E-state index is 6.77. The highest BCUT2D eigenvalue weighted by atomic mass is 31.3. The van der Waals surface area contributed by atoms with Crippen molar-refractivity contribution in [1.82, 2.24) is 14.0 Å². The summed E-state index contributed by atoms with van der Waals surface area (Å²) < 4.78 is 42.2. The van der Waals surface area contributed by atoms with Crippen molar-refractivity contribution in [3.63, 3.8) is 0 Å². The number of hydrogen-bond acceptors (Lipinski definition) is 9. The first kappa shape index (κ1) is 29.6. The van der Waals surface area contributed by atoms with E-state index < -0.39 is 22.7 Å². The topological polar surface area (TPSA) is 74.5 Å². The standard InChI is InChI=1S/C27H39N6O3P3/c1-22-10-16-25(17-11-22)34-37(31(4)5)28-38(32(6)7,35-26-18-12-23(2)13-19-26)30-39(29-37,33(8)9)36-27-20-14-24(3)15-21-27/h10-21H,1-9H3. The Morgan fingerprint density at radius 1 is 0.410 bits per heavy atom. The zero-order valence-corrected chi connectivity index (χ0v) is 26.9. The molecule has 12 heteroatoms. The second-order valence-corrected chi connectivity index (χ2v) is 18.2. The van der Waals surface area contributed by atoms with Gasteiger partial charge in [-0.3, -0.25) is 0 Å². The Balaban J connectivity index is 2.03. The molecule has 0 radical (unpaired) electrons. The number of nitrogens with zero attached hydrogens (tertiary/aromatic N) is 6. The molecule has 0 bridgehead atoms. The van der Waals surface area contributed by atoms with E-state index >= 15 is 0 Å². The van der Waals surface area contributed by atoms with Crippen LogP contribution in [0.5, 0.6) is 17.2 Å². The highest BCUT2D eigenvalue weighted by Gasteiger charge is 2.46. The molecule has 4 rings (SSSR count). The lowest BCUT2D eigenvalue weighted by Gasteiger charge is -2.40. The van der Waals surface area contributed by atoms with Gasteiger partial charge < -0.3 is 13.6 Å². The number of hydrogen-bond donors (Lipinski definition) is 0. The molecule has 1 aliphatic heterocycles. The summed E-state index contributed by atoms with van der Waals surface area (Å²) in [5, 5.41) is 0. The zero-order valence-electron chi connectivity index (χ0n) is 24.2. The predicted molar refractivity (Wildman–Crippen MR) is 165 cm³/mol. The Bertz CT molecular complexity index is 1270. The molecule has 9 nitrogen and oxygen atoms in total. The van der Waals surface area contributed by atoms with Crippen molar-refractivity contribution in [1.29, 1.82) is 0 Å². The maximum Gasteiger partial charge on any atom is 0.336 e. The molecule has 0 spiro atoms. The van der Waals surface area contributed by atoms with E-state index in [0.29, 0.717) is 17.2 Å². The van der Waals surface area contributed by atoms with Crippen LogP contribution in [-0.4, -0.2) is 56.3 Å². The van der Waals surface area contributed by atoms with Gasteiger partial charge in [-0.05, 0) is 99.5 Å². The van der Waals surface area contributed by atoms with E-state index in [1.54, 1.807) is 0 Å². The first-order valence-corrected chi connectivity index (χ1v) is 17.3. The van der Waals surface area contributed by atoms with Crippen LogP contribution in [-0.2, 0) is 0 Å². The Kier molecular flexibility index (Phi) is 8.82. The molecule has 1 aliphatic rings.